The minimum absolute atomic E-state index is 0.0701. The zero-order valence-electron chi connectivity index (χ0n) is 12.6. The van der Waals surface area contributed by atoms with Crippen molar-refractivity contribution in [2.75, 3.05) is 18.1 Å². The molecule has 0 radical (unpaired) electrons. The van der Waals surface area contributed by atoms with E-state index in [4.69, 9.17) is 4.74 Å². The Kier molecular flexibility index (Phi) is 4.12. The van der Waals surface area contributed by atoms with Gasteiger partial charge in [-0.15, -0.1) is 0 Å². The topological polar surface area (TPSA) is 46.6 Å². The molecule has 1 aromatic carbocycles. The van der Waals surface area contributed by atoms with E-state index in [0.29, 0.717) is 13.0 Å². The van der Waals surface area contributed by atoms with Crippen LogP contribution in [0.5, 0.6) is 0 Å². The lowest BCUT2D eigenvalue weighted by Crippen LogP contribution is -2.25. The molecular weight excluding hydrogens is 254 g/mol. The molecule has 108 valence electrons. The van der Waals surface area contributed by atoms with Crippen LogP contribution in [0.15, 0.2) is 6.07 Å². The van der Waals surface area contributed by atoms with Gasteiger partial charge in [0.1, 0.15) is 0 Å². The quantitative estimate of drug-likeness (QED) is 0.795. The number of ether oxygens (including phenoxy) is 1. The minimum Gasteiger partial charge on any atom is -0.466 e. The molecule has 0 aromatic heterocycles. The summed E-state index contributed by atoms with van der Waals surface area (Å²) in [5.41, 5.74) is 5.39. The fourth-order valence-electron chi connectivity index (χ4n) is 2.91. The third kappa shape index (κ3) is 2.55. The number of benzene rings is 1. The predicted octanol–water partition coefficient (Wildman–Crippen LogP) is 2.32. The molecule has 4 nitrogen and oxygen atoms in total. The molecule has 2 rings (SSSR count). The number of nitrogens with zero attached hydrogens (tertiary/aromatic N) is 1. The highest BCUT2D eigenvalue weighted by atomic mass is 16.5. The first-order chi connectivity index (χ1) is 9.45. The average molecular weight is 275 g/mol. The number of carbonyl (C=O) groups excluding carboxylic acids is 2. The summed E-state index contributed by atoms with van der Waals surface area (Å²) in [6.07, 6.45) is 1.16. The second-order valence-electron chi connectivity index (χ2n) is 5.20. The molecule has 20 heavy (non-hydrogen) atoms. The molecule has 0 spiro atoms. The summed E-state index contributed by atoms with van der Waals surface area (Å²) < 4.78 is 5.03. The number of hydrogen-bond donors (Lipinski definition) is 0. The molecule has 0 saturated heterocycles. The Labute approximate surface area is 119 Å². The van der Waals surface area contributed by atoms with Gasteiger partial charge in [0.15, 0.2) is 0 Å². The van der Waals surface area contributed by atoms with Gasteiger partial charge in [0.2, 0.25) is 5.91 Å². The van der Waals surface area contributed by atoms with Crippen molar-refractivity contribution in [2.45, 2.75) is 40.5 Å². The smallest absolute Gasteiger partial charge is 0.310 e. The van der Waals surface area contributed by atoms with Crippen LogP contribution in [0, 0.1) is 13.8 Å². The maximum atomic E-state index is 11.7. The second-order valence-corrected chi connectivity index (χ2v) is 5.20. The lowest BCUT2D eigenvalue weighted by Gasteiger charge is -2.18. The van der Waals surface area contributed by atoms with E-state index in [1.165, 1.54) is 5.56 Å². The van der Waals surface area contributed by atoms with Crippen molar-refractivity contribution in [1.82, 2.24) is 0 Å². The van der Waals surface area contributed by atoms with Gasteiger partial charge in [0.25, 0.3) is 0 Å². The van der Waals surface area contributed by atoms with Crippen LogP contribution in [-0.4, -0.2) is 25.0 Å². The highest BCUT2D eigenvalue weighted by Crippen LogP contribution is 2.34. The summed E-state index contributed by atoms with van der Waals surface area (Å²) in [5.74, 6) is -0.124. The normalized spacial score (nSPS) is 13.3. The third-order valence-corrected chi connectivity index (χ3v) is 3.93. The zero-order chi connectivity index (χ0) is 14.9. The monoisotopic (exact) mass is 275 g/mol. The van der Waals surface area contributed by atoms with E-state index in [-0.39, 0.29) is 11.9 Å². The lowest BCUT2D eigenvalue weighted by molar-refractivity contribution is -0.142. The van der Waals surface area contributed by atoms with Crippen molar-refractivity contribution < 1.29 is 14.3 Å². The van der Waals surface area contributed by atoms with Crippen molar-refractivity contribution in [3.8, 4) is 0 Å². The number of aryl methyl sites for hydroxylation is 1. The summed E-state index contributed by atoms with van der Waals surface area (Å²) in [7, 11) is 0. The van der Waals surface area contributed by atoms with Crippen LogP contribution >= 0.6 is 0 Å². The standard InChI is InChI=1S/C16H21NO3/c1-5-20-16(19)9-14-10(2)8-15-13(11(14)3)6-7-17(15)12(4)18/h8H,5-7,9H2,1-4H3. The van der Waals surface area contributed by atoms with Gasteiger partial charge in [-0.25, -0.2) is 0 Å². The molecule has 1 aliphatic rings. The first kappa shape index (κ1) is 14.6. The van der Waals surface area contributed by atoms with Gasteiger partial charge in [0, 0.05) is 19.2 Å². The Morgan fingerprint density at radius 1 is 1.35 bits per heavy atom. The van der Waals surface area contributed by atoms with Gasteiger partial charge in [-0.3, -0.25) is 9.59 Å². The third-order valence-electron chi connectivity index (χ3n) is 3.93. The molecule has 4 heteroatoms. The summed E-state index contributed by atoms with van der Waals surface area (Å²) >= 11 is 0. The molecule has 1 aliphatic heterocycles. The van der Waals surface area contributed by atoms with Crippen LogP contribution in [0.4, 0.5) is 5.69 Å². The number of rotatable bonds is 3. The zero-order valence-corrected chi connectivity index (χ0v) is 12.6. The summed E-state index contributed by atoms with van der Waals surface area (Å²) in [6, 6.07) is 2.02. The highest BCUT2D eigenvalue weighted by Gasteiger charge is 2.26. The van der Waals surface area contributed by atoms with Crippen molar-refractivity contribution in [3.05, 3.63) is 28.3 Å². The van der Waals surface area contributed by atoms with Crippen molar-refractivity contribution in [3.63, 3.8) is 0 Å². The van der Waals surface area contributed by atoms with Crippen molar-refractivity contribution in [2.24, 2.45) is 0 Å². The number of carbonyl (C=O) groups is 2. The van der Waals surface area contributed by atoms with Gasteiger partial charge in [0.05, 0.1) is 13.0 Å². The Morgan fingerprint density at radius 2 is 2.05 bits per heavy atom. The van der Waals surface area contributed by atoms with Crippen molar-refractivity contribution in [1.29, 1.82) is 0 Å². The van der Waals surface area contributed by atoms with Crippen LogP contribution in [0.25, 0.3) is 0 Å². The van der Waals surface area contributed by atoms with Gasteiger partial charge >= 0.3 is 5.97 Å². The lowest BCUT2D eigenvalue weighted by atomic mass is 9.93. The summed E-state index contributed by atoms with van der Waals surface area (Å²) in [6.45, 7) is 8.55. The van der Waals surface area contributed by atoms with E-state index in [2.05, 4.69) is 0 Å². The molecule has 0 bridgehead atoms. The van der Waals surface area contributed by atoms with Crippen LogP contribution in [-0.2, 0) is 27.2 Å². The number of anilines is 1. The first-order valence-corrected chi connectivity index (χ1v) is 7.01. The Bertz CT molecular complexity index is 563. The van der Waals surface area contributed by atoms with Gasteiger partial charge in [-0.05, 0) is 55.5 Å². The molecule has 0 aliphatic carbocycles. The number of esters is 1. The molecule has 1 heterocycles. The molecule has 1 aromatic rings. The Balaban J connectivity index is 2.38. The average Bonchev–Trinajstić information content (AvgIpc) is 2.78. The Morgan fingerprint density at radius 3 is 2.65 bits per heavy atom. The molecule has 0 N–H and O–H groups in total. The maximum absolute atomic E-state index is 11.7. The number of hydrogen-bond acceptors (Lipinski definition) is 3. The van der Waals surface area contributed by atoms with Gasteiger partial charge in [-0.1, -0.05) is 0 Å². The fraction of sp³-hybridized carbons (Fsp3) is 0.500. The maximum Gasteiger partial charge on any atom is 0.310 e. The first-order valence-electron chi connectivity index (χ1n) is 7.01. The molecule has 0 fully saturated rings. The van der Waals surface area contributed by atoms with Crippen LogP contribution in [0.3, 0.4) is 0 Å². The second kappa shape index (κ2) is 5.65. The minimum atomic E-state index is -0.194. The molecule has 0 saturated carbocycles. The molecular formula is C16H21NO3. The molecule has 0 atom stereocenters. The van der Waals surface area contributed by atoms with E-state index in [0.717, 1.165) is 35.3 Å². The SMILES string of the molecule is CCOC(=O)Cc1c(C)cc2c(c1C)CCN2C(C)=O. The van der Waals surface area contributed by atoms with Crippen LogP contribution in [0.1, 0.15) is 36.1 Å². The largest absolute Gasteiger partial charge is 0.466 e. The fourth-order valence-corrected chi connectivity index (χ4v) is 2.91. The summed E-state index contributed by atoms with van der Waals surface area (Å²) in [5, 5.41) is 0. The van der Waals surface area contributed by atoms with E-state index < -0.39 is 0 Å². The van der Waals surface area contributed by atoms with E-state index >= 15 is 0 Å². The van der Waals surface area contributed by atoms with Crippen LogP contribution in [0.2, 0.25) is 0 Å². The number of fused-ring (bicyclic) bond motifs is 1. The van der Waals surface area contributed by atoms with E-state index in [1.807, 2.05) is 31.7 Å². The van der Waals surface area contributed by atoms with E-state index in [1.54, 1.807) is 6.92 Å². The van der Waals surface area contributed by atoms with Gasteiger partial charge in [-0.2, -0.15) is 0 Å². The predicted molar refractivity (Wildman–Crippen MR) is 78.0 cm³/mol. The molecule has 1 amide bonds. The van der Waals surface area contributed by atoms with Crippen molar-refractivity contribution >= 4 is 17.6 Å². The summed E-state index contributed by atoms with van der Waals surface area (Å²) in [4.78, 5) is 25.1. The van der Waals surface area contributed by atoms with E-state index in [9.17, 15) is 9.59 Å². The highest BCUT2D eigenvalue weighted by molar-refractivity contribution is 5.94. The number of amides is 1. The molecule has 0 unspecified atom stereocenters. The van der Waals surface area contributed by atoms with Gasteiger partial charge < -0.3 is 9.64 Å². The van der Waals surface area contributed by atoms with Crippen LogP contribution < -0.4 is 4.90 Å². The Hall–Kier alpha value is -1.84.